The second kappa shape index (κ2) is 3.31. The highest BCUT2D eigenvalue weighted by molar-refractivity contribution is 7.71. The minimum absolute atomic E-state index is 0.258. The number of aryl methyl sites for hydroxylation is 1. The van der Waals surface area contributed by atoms with Gasteiger partial charge in [-0.1, -0.05) is 0 Å². The molecule has 0 amide bonds. The van der Waals surface area contributed by atoms with Gasteiger partial charge in [0.2, 0.25) is 10.6 Å². The summed E-state index contributed by atoms with van der Waals surface area (Å²) in [4.78, 5) is 17.8. The van der Waals surface area contributed by atoms with Crippen LogP contribution in [0, 0.1) is 11.7 Å². The van der Waals surface area contributed by atoms with E-state index in [-0.39, 0.29) is 16.2 Å². The van der Waals surface area contributed by atoms with Crippen LogP contribution in [0.25, 0.3) is 11.6 Å². The van der Waals surface area contributed by atoms with Gasteiger partial charge in [0.15, 0.2) is 5.82 Å². The Kier molecular flexibility index (Phi) is 2.12. The first-order chi connectivity index (χ1) is 7.08. The maximum atomic E-state index is 11.2. The summed E-state index contributed by atoms with van der Waals surface area (Å²) in [5, 5.41) is 6.36. The van der Waals surface area contributed by atoms with Crippen molar-refractivity contribution < 1.29 is 0 Å². The minimum atomic E-state index is -0.258. The van der Waals surface area contributed by atoms with Gasteiger partial charge in [-0.3, -0.25) is 4.79 Å². The third kappa shape index (κ3) is 1.66. The molecule has 0 saturated heterocycles. The Balaban J connectivity index is 2.69. The van der Waals surface area contributed by atoms with Crippen LogP contribution in [-0.4, -0.2) is 24.8 Å². The Morgan fingerprint density at radius 2 is 2.33 bits per heavy atom. The topological polar surface area (TPSA) is 105 Å². The van der Waals surface area contributed by atoms with Crippen LogP contribution in [0.1, 0.15) is 5.69 Å². The summed E-state index contributed by atoms with van der Waals surface area (Å²) >= 11 is 4.84. The van der Waals surface area contributed by atoms with Crippen molar-refractivity contribution in [2.75, 3.05) is 5.84 Å². The largest absolute Gasteiger partial charge is 0.335 e. The third-order valence-electron chi connectivity index (χ3n) is 1.79. The second-order valence-electron chi connectivity index (χ2n) is 2.96. The molecule has 0 spiro atoms. The predicted molar refractivity (Wildman–Crippen MR) is 56.2 cm³/mol. The van der Waals surface area contributed by atoms with E-state index < -0.39 is 0 Å². The van der Waals surface area contributed by atoms with E-state index in [1.807, 2.05) is 0 Å². The standard InChI is InChI=1S/C7H8N6OS/c1-3-2-4(14)10-5(9-3)6-11-12-7(15)13(6)8/h2H,8H2,1H3,(H,12,15)(H,9,10,14). The molecule has 2 rings (SSSR count). The molecular formula is C7H8N6OS. The van der Waals surface area contributed by atoms with Crippen molar-refractivity contribution >= 4 is 12.2 Å². The van der Waals surface area contributed by atoms with E-state index in [1.54, 1.807) is 6.92 Å². The number of nitrogens with two attached hydrogens (primary N) is 1. The van der Waals surface area contributed by atoms with Gasteiger partial charge in [-0.05, 0) is 19.1 Å². The van der Waals surface area contributed by atoms with Gasteiger partial charge in [0.05, 0.1) is 0 Å². The first kappa shape index (κ1) is 9.59. The SMILES string of the molecule is Cc1cc(=O)[nH]c(-c2n[nH]c(=S)n2N)n1. The molecule has 0 saturated carbocycles. The van der Waals surface area contributed by atoms with E-state index in [0.29, 0.717) is 11.5 Å². The van der Waals surface area contributed by atoms with Gasteiger partial charge in [0.25, 0.3) is 5.56 Å². The molecule has 0 unspecified atom stereocenters. The zero-order chi connectivity index (χ0) is 11.0. The van der Waals surface area contributed by atoms with E-state index in [2.05, 4.69) is 20.2 Å². The first-order valence-corrected chi connectivity index (χ1v) is 4.49. The maximum absolute atomic E-state index is 11.2. The van der Waals surface area contributed by atoms with E-state index in [4.69, 9.17) is 18.1 Å². The Labute approximate surface area is 88.9 Å². The van der Waals surface area contributed by atoms with Crippen LogP contribution in [0.15, 0.2) is 10.9 Å². The molecule has 4 N–H and O–H groups in total. The fraction of sp³-hybridized carbons (Fsp3) is 0.143. The number of aromatic amines is 2. The zero-order valence-corrected chi connectivity index (χ0v) is 8.63. The molecule has 15 heavy (non-hydrogen) atoms. The van der Waals surface area contributed by atoms with Crippen molar-refractivity contribution in [2.24, 2.45) is 0 Å². The normalized spacial score (nSPS) is 10.5. The third-order valence-corrected chi connectivity index (χ3v) is 2.07. The van der Waals surface area contributed by atoms with E-state index >= 15 is 0 Å². The molecule has 0 aliphatic rings. The molecule has 2 aromatic rings. The van der Waals surface area contributed by atoms with Gasteiger partial charge in [0.1, 0.15) is 0 Å². The molecule has 2 aromatic heterocycles. The molecule has 0 radical (unpaired) electrons. The van der Waals surface area contributed by atoms with Crippen molar-refractivity contribution in [3.8, 4) is 11.6 Å². The molecule has 2 heterocycles. The van der Waals surface area contributed by atoms with Crippen molar-refractivity contribution in [3.05, 3.63) is 26.9 Å². The molecular weight excluding hydrogens is 216 g/mol. The predicted octanol–water partition coefficient (Wildman–Crippen LogP) is -0.287. The highest BCUT2D eigenvalue weighted by atomic mass is 32.1. The van der Waals surface area contributed by atoms with Crippen molar-refractivity contribution in [1.29, 1.82) is 0 Å². The molecule has 0 aliphatic carbocycles. The van der Waals surface area contributed by atoms with E-state index in [9.17, 15) is 4.79 Å². The Hall–Kier alpha value is -1.96. The Morgan fingerprint density at radius 3 is 2.87 bits per heavy atom. The van der Waals surface area contributed by atoms with Gasteiger partial charge in [-0.15, -0.1) is 5.10 Å². The number of hydrogen-bond donors (Lipinski definition) is 3. The summed E-state index contributed by atoms with van der Waals surface area (Å²) in [7, 11) is 0. The van der Waals surface area contributed by atoms with Crippen molar-refractivity contribution in [3.63, 3.8) is 0 Å². The molecule has 78 valence electrons. The number of nitrogen functional groups attached to an aromatic ring is 1. The smallest absolute Gasteiger partial charge is 0.251 e. The number of H-pyrrole nitrogens is 2. The second-order valence-corrected chi connectivity index (χ2v) is 3.34. The molecule has 0 fully saturated rings. The highest BCUT2D eigenvalue weighted by Gasteiger charge is 2.09. The number of nitrogens with one attached hydrogen (secondary N) is 2. The maximum Gasteiger partial charge on any atom is 0.251 e. The van der Waals surface area contributed by atoms with E-state index in [1.165, 1.54) is 6.07 Å². The van der Waals surface area contributed by atoms with Gasteiger partial charge < -0.3 is 10.8 Å². The van der Waals surface area contributed by atoms with Gasteiger partial charge in [0, 0.05) is 11.8 Å². The van der Waals surface area contributed by atoms with Crippen LogP contribution in [-0.2, 0) is 0 Å². The summed E-state index contributed by atoms with van der Waals surface area (Å²) in [5.41, 5.74) is 0.328. The van der Waals surface area contributed by atoms with Crippen molar-refractivity contribution in [1.82, 2.24) is 24.8 Å². The van der Waals surface area contributed by atoms with Crippen LogP contribution in [0.5, 0.6) is 0 Å². The summed E-state index contributed by atoms with van der Waals surface area (Å²) in [6.07, 6.45) is 0. The molecule has 0 aliphatic heterocycles. The van der Waals surface area contributed by atoms with Gasteiger partial charge in [-0.2, -0.15) is 0 Å². The lowest BCUT2D eigenvalue weighted by Gasteiger charge is -1.99. The summed E-state index contributed by atoms with van der Waals surface area (Å²) in [6, 6.07) is 1.38. The molecule has 0 bridgehead atoms. The lowest BCUT2D eigenvalue weighted by atomic mass is 10.4. The Morgan fingerprint density at radius 1 is 1.60 bits per heavy atom. The average Bonchev–Trinajstić information content (AvgIpc) is 2.46. The molecule has 0 aromatic carbocycles. The number of nitrogens with zero attached hydrogens (tertiary/aromatic N) is 3. The number of rotatable bonds is 1. The van der Waals surface area contributed by atoms with Crippen LogP contribution in [0.2, 0.25) is 0 Å². The average molecular weight is 224 g/mol. The quantitative estimate of drug-likeness (QED) is 0.456. The first-order valence-electron chi connectivity index (χ1n) is 4.09. The lowest BCUT2D eigenvalue weighted by Crippen LogP contribution is -2.15. The molecule has 7 nitrogen and oxygen atoms in total. The monoisotopic (exact) mass is 224 g/mol. The minimum Gasteiger partial charge on any atom is -0.335 e. The molecule has 8 heteroatoms. The van der Waals surface area contributed by atoms with Crippen molar-refractivity contribution in [2.45, 2.75) is 6.92 Å². The number of aromatic nitrogens is 5. The fourth-order valence-electron chi connectivity index (χ4n) is 1.16. The zero-order valence-electron chi connectivity index (χ0n) is 7.81. The molecule has 0 atom stereocenters. The van der Waals surface area contributed by atoms with Crippen LogP contribution < -0.4 is 11.4 Å². The summed E-state index contributed by atoms with van der Waals surface area (Å²) < 4.78 is 1.40. The summed E-state index contributed by atoms with van der Waals surface area (Å²) in [5.74, 6) is 6.17. The van der Waals surface area contributed by atoms with Crippen LogP contribution in [0.4, 0.5) is 0 Å². The van der Waals surface area contributed by atoms with Gasteiger partial charge >= 0.3 is 0 Å². The Bertz CT molecular complexity index is 608. The lowest BCUT2D eigenvalue weighted by molar-refractivity contribution is 0.950. The van der Waals surface area contributed by atoms with Crippen LogP contribution >= 0.6 is 12.2 Å². The fourth-order valence-corrected chi connectivity index (χ4v) is 1.29. The summed E-state index contributed by atoms with van der Waals surface area (Å²) in [6.45, 7) is 1.71. The highest BCUT2D eigenvalue weighted by Crippen LogP contribution is 2.07. The van der Waals surface area contributed by atoms with Crippen LogP contribution in [0.3, 0.4) is 0 Å². The van der Waals surface area contributed by atoms with E-state index in [0.717, 1.165) is 4.68 Å². The van der Waals surface area contributed by atoms with Gasteiger partial charge in [-0.25, -0.2) is 14.8 Å². The number of hydrogen-bond acceptors (Lipinski definition) is 5.